The molecule has 10 heteroatoms. The van der Waals surface area contributed by atoms with Crippen LogP contribution in [0.3, 0.4) is 0 Å². The van der Waals surface area contributed by atoms with Crippen LogP contribution in [0.25, 0.3) is 5.82 Å². The number of rotatable bonds is 7. The Bertz CT molecular complexity index is 1010. The molecule has 2 fully saturated rings. The zero-order chi connectivity index (χ0) is 23.3. The molecule has 1 saturated heterocycles. The molecule has 1 aliphatic heterocycles. The van der Waals surface area contributed by atoms with Crippen LogP contribution < -0.4 is 10.6 Å². The van der Waals surface area contributed by atoms with Gasteiger partial charge < -0.3 is 15.4 Å². The Morgan fingerprint density at radius 3 is 2.56 bits per heavy atom. The Hall–Kier alpha value is -2.62. The smallest absolute Gasteiger partial charge is 0.374 e. The molecule has 2 aromatic rings. The second kappa shape index (κ2) is 7.75. The van der Waals surface area contributed by atoms with Crippen molar-refractivity contribution in [1.29, 1.82) is 0 Å². The highest BCUT2D eigenvalue weighted by Crippen LogP contribution is 2.57. The molecule has 32 heavy (non-hydrogen) atoms. The third kappa shape index (κ3) is 4.20. The van der Waals surface area contributed by atoms with Crippen molar-refractivity contribution < 1.29 is 22.7 Å². The summed E-state index contributed by atoms with van der Waals surface area (Å²) in [7, 11) is 0. The molecular formula is C22H28F3N5O2. The maximum Gasteiger partial charge on any atom is 0.396 e. The number of ether oxygens (including phenoxy) is 1. The lowest BCUT2D eigenvalue weighted by molar-refractivity contribution is -0.202. The normalized spacial score (nSPS) is 21.7. The molecule has 2 aliphatic rings. The third-order valence-corrected chi connectivity index (χ3v) is 6.42. The summed E-state index contributed by atoms with van der Waals surface area (Å²) in [4.78, 5) is 18.8. The Kier molecular flexibility index (Phi) is 5.47. The molecule has 2 N–H and O–H groups in total. The van der Waals surface area contributed by atoms with Gasteiger partial charge in [-0.15, -0.1) is 0 Å². The number of carbonyl (C=O) groups excluding carboxylic acids is 1. The maximum atomic E-state index is 13.0. The van der Waals surface area contributed by atoms with Gasteiger partial charge in [0.15, 0.2) is 5.82 Å². The Balaban J connectivity index is 1.52. The zero-order valence-electron chi connectivity index (χ0n) is 18.4. The van der Waals surface area contributed by atoms with Crippen LogP contribution in [0.4, 0.5) is 19.0 Å². The molecular weight excluding hydrogens is 423 g/mol. The van der Waals surface area contributed by atoms with E-state index >= 15 is 0 Å². The SMILES string of the molecule is CC1CN(c2nc(-n3ccc(COCC4(C(F)(F)F)CC4)n3)ccc2C(N)=O)C(C)(C)C1. The predicted molar refractivity (Wildman–Crippen MR) is 112 cm³/mol. The minimum atomic E-state index is -4.24. The number of hydrogen-bond acceptors (Lipinski definition) is 5. The first-order valence-electron chi connectivity index (χ1n) is 10.7. The van der Waals surface area contributed by atoms with Gasteiger partial charge in [0, 0.05) is 18.3 Å². The highest BCUT2D eigenvalue weighted by molar-refractivity contribution is 5.98. The molecule has 0 radical (unpaired) electrons. The van der Waals surface area contributed by atoms with Gasteiger partial charge in [-0.25, -0.2) is 9.67 Å². The van der Waals surface area contributed by atoms with Crippen LogP contribution in [-0.2, 0) is 11.3 Å². The van der Waals surface area contributed by atoms with Crippen LogP contribution in [0, 0.1) is 11.3 Å². The molecule has 1 atom stereocenters. The van der Waals surface area contributed by atoms with E-state index in [-0.39, 0.29) is 31.6 Å². The van der Waals surface area contributed by atoms with Gasteiger partial charge in [-0.05, 0) is 57.2 Å². The fourth-order valence-electron chi connectivity index (χ4n) is 4.50. The molecule has 3 heterocycles. The number of carbonyl (C=O) groups is 1. The summed E-state index contributed by atoms with van der Waals surface area (Å²) in [6.45, 7) is 6.73. The summed E-state index contributed by atoms with van der Waals surface area (Å²) in [5, 5.41) is 4.39. The van der Waals surface area contributed by atoms with Crippen molar-refractivity contribution in [3.8, 4) is 5.82 Å². The van der Waals surface area contributed by atoms with Crippen molar-refractivity contribution in [2.45, 2.75) is 58.4 Å². The number of pyridine rings is 1. The van der Waals surface area contributed by atoms with Gasteiger partial charge in [-0.1, -0.05) is 6.92 Å². The predicted octanol–water partition coefficient (Wildman–Crippen LogP) is 3.85. The molecule has 2 aromatic heterocycles. The second-order valence-electron chi connectivity index (χ2n) is 9.66. The lowest BCUT2D eigenvalue weighted by Crippen LogP contribution is -2.40. The summed E-state index contributed by atoms with van der Waals surface area (Å²) in [5.74, 6) is 0.887. The zero-order valence-corrected chi connectivity index (χ0v) is 18.4. The molecule has 4 rings (SSSR count). The lowest BCUT2D eigenvalue weighted by atomic mass is 9.97. The first-order chi connectivity index (χ1) is 14.9. The number of hydrogen-bond donors (Lipinski definition) is 1. The molecule has 1 unspecified atom stereocenters. The number of nitrogens with two attached hydrogens (primary N) is 1. The van der Waals surface area contributed by atoms with Gasteiger partial charge >= 0.3 is 6.18 Å². The topological polar surface area (TPSA) is 86.3 Å². The van der Waals surface area contributed by atoms with E-state index in [1.807, 2.05) is 0 Å². The van der Waals surface area contributed by atoms with E-state index in [1.165, 1.54) is 4.68 Å². The van der Waals surface area contributed by atoms with Crippen LogP contribution in [0.1, 0.15) is 56.1 Å². The number of primary amides is 1. The number of halogens is 3. The minimum Gasteiger partial charge on any atom is -0.374 e. The van der Waals surface area contributed by atoms with Crippen LogP contribution in [-0.4, -0.2) is 45.5 Å². The lowest BCUT2D eigenvalue weighted by Gasteiger charge is -2.33. The monoisotopic (exact) mass is 451 g/mol. The van der Waals surface area contributed by atoms with E-state index in [4.69, 9.17) is 10.5 Å². The average molecular weight is 451 g/mol. The standard InChI is InChI=1S/C22H28F3N5O2/c1-14-10-20(2,3)29(11-14)19-16(18(26)31)4-5-17(27-19)30-9-6-15(28-30)12-32-13-21(7-8-21)22(23,24)25/h4-6,9,14H,7-8,10-13H2,1-3H3,(H2,26,31). The van der Waals surface area contributed by atoms with Crippen molar-refractivity contribution in [2.75, 3.05) is 18.1 Å². The fourth-order valence-corrected chi connectivity index (χ4v) is 4.50. The summed E-state index contributed by atoms with van der Waals surface area (Å²) in [5.41, 5.74) is 4.56. The summed E-state index contributed by atoms with van der Waals surface area (Å²) >= 11 is 0. The van der Waals surface area contributed by atoms with Gasteiger partial charge in [0.1, 0.15) is 5.82 Å². The van der Waals surface area contributed by atoms with E-state index < -0.39 is 17.5 Å². The second-order valence-corrected chi connectivity index (χ2v) is 9.66. The summed E-state index contributed by atoms with van der Waals surface area (Å²) < 4.78 is 46.0. The average Bonchev–Trinajstić information content (AvgIpc) is 3.25. The molecule has 0 bridgehead atoms. The van der Waals surface area contributed by atoms with Gasteiger partial charge in [0.05, 0.1) is 29.9 Å². The Morgan fingerprint density at radius 1 is 1.28 bits per heavy atom. The van der Waals surface area contributed by atoms with Crippen molar-refractivity contribution in [2.24, 2.45) is 17.1 Å². The number of aromatic nitrogens is 3. The van der Waals surface area contributed by atoms with Crippen molar-refractivity contribution in [3.63, 3.8) is 0 Å². The molecule has 174 valence electrons. The van der Waals surface area contributed by atoms with Crippen LogP contribution in [0.15, 0.2) is 24.4 Å². The number of anilines is 1. The molecule has 0 spiro atoms. The highest BCUT2D eigenvalue weighted by atomic mass is 19.4. The van der Waals surface area contributed by atoms with E-state index in [1.54, 1.807) is 24.4 Å². The number of alkyl halides is 3. The van der Waals surface area contributed by atoms with Gasteiger partial charge in [-0.3, -0.25) is 4.79 Å². The fraction of sp³-hybridized carbons (Fsp3) is 0.591. The largest absolute Gasteiger partial charge is 0.396 e. The van der Waals surface area contributed by atoms with E-state index in [0.717, 1.165) is 13.0 Å². The van der Waals surface area contributed by atoms with Gasteiger partial charge in [0.2, 0.25) is 0 Å². The first-order valence-corrected chi connectivity index (χ1v) is 10.7. The number of nitrogens with zero attached hydrogens (tertiary/aromatic N) is 4. The summed E-state index contributed by atoms with van der Waals surface area (Å²) in [6.07, 6.45) is -1.40. The van der Waals surface area contributed by atoms with Crippen LogP contribution in [0.5, 0.6) is 0 Å². The Morgan fingerprint density at radius 2 is 2.00 bits per heavy atom. The van der Waals surface area contributed by atoms with Crippen LogP contribution >= 0.6 is 0 Å². The molecule has 0 aromatic carbocycles. The molecule has 1 amide bonds. The third-order valence-electron chi connectivity index (χ3n) is 6.42. The van der Waals surface area contributed by atoms with Crippen molar-refractivity contribution in [1.82, 2.24) is 14.8 Å². The van der Waals surface area contributed by atoms with E-state index in [2.05, 4.69) is 35.8 Å². The van der Waals surface area contributed by atoms with Crippen LogP contribution in [0.2, 0.25) is 0 Å². The summed E-state index contributed by atoms with van der Waals surface area (Å²) in [6, 6.07) is 4.96. The quantitative estimate of drug-likeness (QED) is 0.691. The molecule has 1 saturated carbocycles. The van der Waals surface area contributed by atoms with Gasteiger partial charge in [-0.2, -0.15) is 18.3 Å². The van der Waals surface area contributed by atoms with E-state index in [0.29, 0.717) is 28.8 Å². The van der Waals surface area contributed by atoms with Crippen molar-refractivity contribution >= 4 is 11.7 Å². The highest BCUT2D eigenvalue weighted by Gasteiger charge is 2.63. The molecule has 7 nitrogen and oxygen atoms in total. The number of amides is 1. The van der Waals surface area contributed by atoms with Crippen molar-refractivity contribution in [3.05, 3.63) is 35.7 Å². The maximum absolute atomic E-state index is 13.0. The molecule has 1 aliphatic carbocycles. The van der Waals surface area contributed by atoms with Gasteiger partial charge in [0.25, 0.3) is 5.91 Å². The first kappa shape index (κ1) is 22.6. The minimum absolute atomic E-state index is 0.0201. The van der Waals surface area contributed by atoms with E-state index in [9.17, 15) is 18.0 Å². The Labute approximate surface area is 184 Å².